The molecule has 0 atom stereocenters. The van der Waals surface area contributed by atoms with Crippen molar-refractivity contribution in [1.29, 1.82) is 0 Å². The fourth-order valence-corrected chi connectivity index (χ4v) is 4.42. The summed E-state index contributed by atoms with van der Waals surface area (Å²) in [7, 11) is -3.42. The zero-order valence-electron chi connectivity index (χ0n) is 16.0. The summed E-state index contributed by atoms with van der Waals surface area (Å²) in [5, 5.41) is 2.68. The second kappa shape index (κ2) is 9.67. The number of benzene rings is 2. The third-order valence-corrected chi connectivity index (χ3v) is 6.20. The first-order valence-corrected chi connectivity index (χ1v) is 11.3. The highest BCUT2D eigenvalue weighted by Gasteiger charge is 2.22. The molecule has 1 fully saturated rings. The van der Waals surface area contributed by atoms with Crippen LogP contribution in [0.3, 0.4) is 0 Å². The van der Waals surface area contributed by atoms with E-state index in [2.05, 4.69) is 5.32 Å². The Morgan fingerprint density at radius 1 is 0.966 bits per heavy atom. The van der Waals surface area contributed by atoms with Crippen LogP contribution in [-0.4, -0.2) is 57.2 Å². The van der Waals surface area contributed by atoms with Gasteiger partial charge in [-0.2, -0.15) is 0 Å². The topological polar surface area (TPSA) is 92.8 Å². The van der Waals surface area contributed by atoms with Crippen molar-refractivity contribution in [2.24, 2.45) is 0 Å². The molecule has 0 bridgehead atoms. The first kappa shape index (κ1) is 21.0. The maximum atomic E-state index is 12.7. The monoisotopic (exact) mass is 416 g/mol. The number of carbonyl (C=O) groups is 2. The van der Waals surface area contributed by atoms with Crippen molar-refractivity contribution in [3.63, 3.8) is 0 Å². The highest BCUT2D eigenvalue weighted by Crippen LogP contribution is 2.18. The van der Waals surface area contributed by atoms with Crippen molar-refractivity contribution < 1.29 is 22.7 Å². The smallest absolute Gasteiger partial charge is 0.256 e. The zero-order valence-corrected chi connectivity index (χ0v) is 16.9. The Labute approximate surface area is 170 Å². The van der Waals surface area contributed by atoms with Gasteiger partial charge >= 0.3 is 0 Å². The number of amides is 2. The van der Waals surface area contributed by atoms with E-state index < -0.39 is 15.7 Å². The van der Waals surface area contributed by atoms with Crippen molar-refractivity contribution in [2.75, 3.05) is 37.4 Å². The number of para-hydroxylation sites is 1. The summed E-state index contributed by atoms with van der Waals surface area (Å²) >= 11 is 0. The van der Waals surface area contributed by atoms with Gasteiger partial charge in [0.1, 0.15) is 0 Å². The molecule has 0 aliphatic carbocycles. The van der Waals surface area contributed by atoms with Crippen molar-refractivity contribution in [2.45, 2.75) is 12.2 Å². The van der Waals surface area contributed by atoms with Crippen LogP contribution in [-0.2, 0) is 25.1 Å². The molecule has 3 rings (SSSR count). The number of rotatable bonds is 7. The summed E-state index contributed by atoms with van der Waals surface area (Å²) in [5.74, 6) is -0.981. The minimum atomic E-state index is -3.42. The maximum Gasteiger partial charge on any atom is 0.256 e. The van der Waals surface area contributed by atoms with E-state index in [-0.39, 0.29) is 23.8 Å². The van der Waals surface area contributed by atoms with Crippen LogP contribution in [0.2, 0.25) is 0 Å². The minimum absolute atomic E-state index is 0.104. The van der Waals surface area contributed by atoms with Gasteiger partial charge in [-0.05, 0) is 17.7 Å². The molecule has 29 heavy (non-hydrogen) atoms. The van der Waals surface area contributed by atoms with Crippen molar-refractivity contribution in [3.05, 3.63) is 65.7 Å². The number of nitrogens with one attached hydrogen (secondary N) is 1. The Kier molecular flexibility index (Phi) is 7.00. The molecule has 2 aromatic rings. The Morgan fingerprint density at radius 2 is 1.62 bits per heavy atom. The van der Waals surface area contributed by atoms with Crippen LogP contribution in [0.1, 0.15) is 22.3 Å². The van der Waals surface area contributed by atoms with Crippen molar-refractivity contribution in [1.82, 2.24) is 4.90 Å². The van der Waals surface area contributed by atoms with E-state index in [0.717, 1.165) is 0 Å². The van der Waals surface area contributed by atoms with Crippen LogP contribution in [0.15, 0.2) is 54.6 Å². The number of carbonyl (C=O) groups excluding carboxylic acids is 2. The molecule has 0 radical (unpaired) electrons. The van der Waals surface area contributed by atoms with Crippen LogP contribution in [0.4, 0.5) is 5.69 Å². The average Bonchev–Trinajstić information content (AvgIpc) is 2.73. The van der Waals surface area contributed by atoms with Gasteiger partial charge in [-0.25, -0.2) is 8.42 Å². The number of anilines is 1. The molecule has 0 saturated carbocycles. The minimum Gasteiger partial charge on any atom is -0.378 e. The SMILES string of the molecule is O=C(CCS(=O)(=O)Cc1ccccc1)Nc1ccccc1C(=O)N1CCOCC1. The van der Waals surface area contributed by atoms with Crippen molar-refractivity contribution in [3.8, 4) is 0 Å². The van der Waals surface area contributed by atoms with Gasteiger partial charge in [0.05, 0.1) is 36.0 Å². The number of sulfone groups is 1. The molecule has 1 aliphatic heterocycles. The number of nitrogens with zero attached hydrogens (tertiary/aromatic N) is 1. The van der Waals surface area contributed by atoms with E-state index in [9.17, 15) is 18.0 Å². The quantitative estimate of drug-likeness (QED) is 0.746. The van der Waals surface area contributed by atoms with E-state index in [1.807, 2.05) is 6.07 Å². The van der Waals surface area contributed by atoms with Crippen LogP contribution in [0.5, 0.6) is 0 Å². The van der Waals surface area contributed by atoms with Gasteiger partial charge in [0.2, 0.25) is 5.91 Å². The largest absolute Gasteiger partial charge is 0.378 e. The predicted molar refractivity (Wildman–Crippen MR) is 110 cm³/mol. The molecule has 8 heteroatoms. The molecule has 7 nitrogen and oxygen atoms in total. The number of hydrogen-bond donors (Lipinski definition) is 1. The molecular formula is C21H24N2O5S. The van der Waals surface area contributed by atoms with Gasteiger partial charge in [-0.1, -0.05) is 42.5 Å². The molecule has 1 N–H and O–H groups in total. The molecule has 0 aromatic heterocycles. The van der Waals surface area contributed by atoms with Gasteiger partial charge in [-0.3, -0.25) is 9.59 Å². The Bertz CT molecular complexity index is 954. The molecule has 1 heterocycles. The summed E-state index contributed by atoms with van der Waals surface area (Å²) < 4.78 is 29.8. The van der Waals surface area contributed by atoms with Gasteiger partial charge < -0.3 is 15.0 Å². The molecule has 0 unspecified atom stereocenters. The van der Waals surface area contributed by atoms with Gasteiger partial charge in [0, 0.05) is 19.5 Å². The molecule has 0 spiro atoms. The van der Waals surface area contributed by atoms with E-state index in [1.54, 1.807) is 53.4 Å². The van der Waals surface area contributed by atoms with E-state index >= 15 is 0 Å². The lowest BCUT2D eigenvalue weighted by Gasteiger charge is -2.27. The van der Waals surface area contributed by atoms with Crippen LogP contribution in [0.25, 0.3) is 0 Å². The molecular weight excluding hydrogens is 392 g/mol. The van der Waals surface area contributed by atoms with Gasteiger partial charge in [-0.15, -0.1) is 0 Å². The predicted octanol–water partition coefficient (Wildman–Crippen LogP) is 2.10. The van der Waals surface area contributed by atoms with Crippen LogP contribution < -0.4 is 5.32 Å². The lowest BCUT2D eigenvalue weighted by atomic mass is 10.1. The third kappa shape index (κ3) is 6.13. The molecule has 2 aromatic carbocycles. The van der Waals surface area contributed by atoms with Crippen LogP contribution >= 0.6 is 0 Å². The number of morpholine rings is 1. The molecule has 1 aliphatic rings. The average molecular weight is 416 g/mol. The summed E-state index contributed by atoms with van der Waals surface area (Å²) in [5.41, 5.74) is 1.46. The van der Waals surface area contributed by atoms with E-state index in [0.29, 0.717) is 43.1 Å². The highest BCUT2D eigenvalue weighted by molar-refractivity contribution is 7.90. The normalized spacial score (nSPS) is 14.4. The Morgan fingerprint density at radius 3 is 2.34 bits per heavy atom. The van der Waals surface area contributed by atoms with Gasteiger partial charge in [0.15, 0.2) is 9.84 Å². The summed E-state index contributed by atoms with van der Waals surface area (Å²) in [6.07, 6.45) is -0.171. The molecule has 1 saturated heterocycles. The van der Waals surface area contributed by atoms with E-state index in [4.69, 9.17) is 4.74 Å². The Balaban J connectivity index is 1.60. The summed E-state index contributed by atoms with van der Waals surface area (Å²) in [6, 6.07) is 15.6. The van der Waals surface area contributed by atoms with Gasteiger partial charge in [0.25, 0.3) is 5.91 Å². The second-order valence-electron chi connectivity index (χ2n) is 6.83. The first-order chi connectivity index (χ1) is 13.9. The van der Waals surface area contributed by atoms with Crippen LogP contribution in [0, 0.1) is 0 Å². The van der Waals surface area contributed by atoms with Crippen molar-refractivity contribution >= 4 is 27.3 Å². The zero-order chi connectivity index (χ0) is 20.7. The molecule has 154 valence electrons. The number of ether oxygens (including phenoxy) is 1. The maximum absolute atomic E-state index is 12.7. The number of hydrogen-bond acceptors (Lipinski definition) is 5. The second-order valence-corrected chi connectivity index (χ2v) is 9.01. The summed E-state index contributed by atoms with van der Waals surface area (Å²) in [6.45, 7) is 1.97. The van der Waals surface area contributed by atoms with E-state index in [1.165, 1.54) is 0 Å². The summed E-state index contributed by atoms with van der Waals surface area (Å²) in [4.78, 5) is 26.8. The fraction of sp³-hybridized carbons (Fsp3) is 0.333. The third-order valence-electron chi connectivity index (χ3n) is 4.60. The molecule has 2 amide bonds. The highest BCUT2D eigenvalue weighted by atomic mass is 32.2. The lowest BCUT2D eigenvalue weighted by Crippen LogP contribution is -2.41. The Hall–Kier alpha value is -2.71. The fourth-order valence-electron chi connectivity index (χ4n) is 3.08. The first-order valence-electron chi connectivity index (χ1n) is 9.45. The lowest BCUT2D eigenvalue weighted by molar-refractivity contribution is -0.115. The standard InChI is InChI=1S/C21H24N2O5S/c24-20(10-15-29(26,27)16-17-6-2-1-3-7-17)22-19-9-5-4-8-18(19)21(25)23-11-13-28-14-12-23/h1-9H,10-16H2,(H,22,24).